The van der Waals surface area contributed by atoms with Crippen molar-refractivity contribution in [3.8, 4) is 11.5 Å². The number of benzene rings is 1. The van der Waals surface area contributed by atoms with Gasteiger partial charge in [-0.15, -0.1) is 0 Å². The number of rotatable bonds is 5. The Bertz CT molecular complexity index is 434. The van der Waals surface area contributed by atoms with E-state index in [1.807, 2.05) is 19.2 Å². The SMILES string of the molecule is CNC(CCC(C)C)c1cc2c(cc1Cl)OCCO2. The fraction of sp³-hybridized carbons (Fsp3) is 0.600. The first-order valence-corrected chi connectivity index (χ1v) is 7.26. The number of fused-ring (bicyclic) bond motifs is 1. The second-order valence-corrected chi connectivity index (χ2v) is 5.74. The Morgan fingerprint density at radius 1 is 1.16 bits per heavy atom. The molecule has 1 aromatic rings. The molecular formula is C15H22ClNO2. The van der Waals surface area contributed by atoms with Gasteiger partial charge in [-0.25, -0.2) is 0 Å². The van der Waals surface area contributed by atoms with E-state index in [1.54, 1.807) is 0 Å². The molecule has 1 unspecified atom stereocenters. The minimum atomic E-state index is 0.255. The molecule has 0 saturated heterocycles. The Hall–Kier alpha value is -0.930. The first kappa shape index (κ1) is 14.5. The molecule has 0 saturated carbocycles. The van der Waals surface area contributed by atoms with Crippen LogP contribution in [0.1, 0.15) is 38.3 Å². The molecule has 0 aliphatic carbocycles. The number of hydrogen-bond donors (Lipinski definition) is 1. The molecule has 0 radical (unpaired) electrons. The summed E-state index contributed by atoms with van der Waals surface area (Å²) in [5, 5.41) is 4.08. The highest BCUT2D eigenvalue weighted by Gasteiger charge is 2.19. The van der Waals surface area contributed by atoms with Gasteiger partial charge in [0.05, 0.1) is 0 Å². The molecule has 0 aromatic heterocycles. The standard InChI is InChI=1S/C15H22ClNO2/c1-10(2)4-5-13(17-3)11-8-14-15(9-12(11)16)19-7-6-18-14/h8-10,13,17H,4-7H2,1-3H3. The van der Waals surface area contributed by atoms with Gasteiger partial charge in [-0.05, 0) is 37.4 Å². The third kappa shape index (κ3) is 3.54. The van der Waals surface area contributed by atoms with Crippen LogP contribution in [0.5, 0.6) is 11.5 Å². The fourth-order valence-corrected chi connectivity index (χ4v) is 2.59. The van der Waals surface area contributed by atoms with E-state index in [-0.39, 0.29) is 6.04 Å². The van der Waals surface area contributed by atoms with E-state index in [9.17, 15) is 0 Å². The van der Waals surface area contributed by atoms with E-state index in [4.69, 9.17) is 21.1 Å². The summed E-state index contributed by atoms with van der Waals surface area (Å²) in [5.74, 6) is 2.24. The first-order chi connectivity index (χ1) is 9.11. The molecule has 0 fully saturated rings. The van der Waals surface area contributed by atoms with Gasteiger partial charge < -0.3 is 14.8 Å². The van der Waals surface area contributed by atoms with E-state index >= 15 is 0 Å². The summed E-state index contributed by atoms with van der Waals surface area (Å²) in [4.78, 5) is 0. The number of halogens is 1. The summed E-state index contributed by atoms with van der Waals surface area (Å²) >= 11 is 6.37. The van der Waals surface area contributed by atoms with Crippen molar-refractivity contribution in [2.24, 2.45) is 5.92 Å². The normalized spacial score (nSPS) is 15.6. The van der Waals surface area contributed by atoms with Crippen molar-refractivity contribution < 1.29 is 9.47 Å². The van der Waals surface area contributed by atoms with Crippen LogP contribution in [0.2, 0.25) is 5.02 Å². The van der Waals surface area contributed by atoms with Crippen LogP contribution in [0, 0.1) is 5.92 Å². The van der Waals surface area contributed by atoms with Gasteiger partial charge in [0.25, 0.3) is 0 Å². The zero-order valence-electron chi connectivity index (χ0n) is 11.8. The van der Waals surface area contributed by atoms with E-state index in [0.29, 0.717) is 19.1 Å². The van der Waals surface area contributed by atoms with Gasteiger partial charge in [-0.2, -0.15) is 0 Å². The molecule has 1 heterocycles. The summed E-state index contributed by atoms with van der Waals surface area (Å²) in [7, 11) is 1.97. The summed E-state index contributed by atoms with van der Waals surface area (Å²) in [6.45, 7) is 5.66. The van der Waals surface area contributed by atoms with Crippen molar-refractivity contribution in [1.29, 1.82) is 0 Å². The fourth-order valence-electron chi connectivity index (χ4n) is 2.30. The lowest BCUT2D eigenvalue weighted by Crippen LogP contribution is -2.19. The second-order valence-electron chi connectivity index (χ2n) is 5.33. The van der Waals surface area contributed by atoms with Gasteiger partial charge in [0.2, 0.25) is 0 Å². The van der Waals surface area contributed by atoms with Crippen LogP contribution >= 0.6 is 11.6 Å². The quantitative estimate of drug-likeness (QED) is 0.891. The lowest BCUT2D eigenvalue weighted by atomic mass is 9.97. The maximum absolute atomic E-state index is 6.37. The summed E-state index contributed by atoms with van der Waals surface area (Å²) in [5.41, 5.74) is 1.09. The van der Waals surface area contributed by atoms with E-state index in [1.165, 1.54) is 0 Å². The highest BCUT2D eigenvalue weighted by Crippen LogP contribution is 2.38. The Morgan fingerprint density at radius 2 is 1.79 bits per heavy atom. The van der Waals surface area contributed by atoms with Gasteiger partial charge in [0.15, 0.2) is 11.5 Å². The van der Waals surface area contributed by atoms with Crippen molar-refractivity contribution >= 4 is 11.6 Å². The van der Waals surface area contributed by atoms with Gasteiger partial charge in [-0.3, -0.25) is 0 Å². The van der Waals surface area contributed by atoms with Gasteiger partial charge >= 0.3 is 0 Å². The van der Waals surface area contributed by atoms with Crippen LogP contribution < -0.4 is 14.8 Å². The molecule has 1 atom stereocenters. The second kappa shape index (κ2) is 6.49. The van der Waals surface area contributed by atoms with E-state index in [0.717, 1.165) is 34.9 Å². The molecule has 1 N–H and O–H groups in total. The smallest absolute Gasteiger partial charge is 0.162 e. The molecule has 3 nitrogen and oxygen atoms in total. The van der Waals surface area contributed by atoms with Crippen LogP contribution in [0.3, 0.4) is 0 Å². The van der Waals surface area contributed by atoms with Crippen molar-refractivity contribution in [2.45, 2.75) is 32.7 Å². The molecular weight excluding hydrogens is 262 g/mol. The molecule has 4 heteroatoms. The minimum absolute atomic E-state index is 0.255. The Balaban J connectivity index is 2.21. The number of nitrogens with one attached hydrogen (secondary N) is 1. The molecule has 2 rings (SSSR count). The number of hydrogen-bond acceptors (Lipinski definition) is 3. The van der Waals surface area contributed by atoms with Crippen LogP contribution in [0.25, 0.3) is 0 Å². The topological polar surface area (TPSA) is 30.5 Å². The van der Waals surface area contributed by atoms with Crippen molar-refractivity contribution in [3.63, 3.8) is 0 Å². The molecule has 1 aliphatic rings. The van der Waals surface area contributed by atoms with E-state index in [2.05, 4.69) is 19.2 Å². The molecule has 0 amide bonds. The molecule has 0 bridgehead atoms. The Morgan fingerprint density at radius 3 is 2.37 bits per heavy atom. The summed E-state index contributed by atoms with van der Waals surface area (Å²) in [6, 6.07) is 4.13. The monoisotopic (exact) mass is 283 g/mol. The average molecular weight is 284 g/mol. The predicted octanol–water partition coefficient (Wildman–Crippen LogP) is 3.81. The van der Waals surface area contributed by atoms with Crippen molar-refractivity contribution in [1.82, 2.24) is 5.32 Å². The summed E-state index contributed by atoms with van der Waals surface area (Å²) in [6.07, 6.45) is 2.23. The zero-order valence-corrected chi connectivity index (χ0v) is 12.6. The third-order valence-electron chi connectivity index (χ3n) is 3.42. The number of ether oxygens (including phenoxy) is 2. The molecule has 19 heavy (non-hydrogen) atoms. The Kier molecular flexibility index (Phi) is 4.94. The molecule has 106 valence electrons. The largest absolute Gasteiger partial charge is 0.486 e. The maximum Gasteiger partial charge on any atom is 0.162 e. The third-order valence-corrected chi connectivity index (χ3v) is 3.75. The minimum Gasteiger partial charge on any atom is -0.486 e. The maximum atomic E-state index is 6.37. The lowest BCUT2D eigenvalue weighted by Gasteiger charge is -2.23. The van der Waals surface area contributed by atoms with Crippen molar-refractivity contribution in [2.75, 3.05) is 20.3 Å². The highest BCUT2D eigenvalue weighted by molar-refractivity contribution is 6.31. The van der Waals surface area contributed by atoms with Crippen molar-refractivity contribution in [3.05, 3.63) is 22.7 Å². The average Bonchev–Trinajstić information content (AvgIpc) is 2.39. The van der Waals surface area contributed by atoms with Gasteiger partial charge in [0.1, 0.15) is 13.2 Å². The van der Waals surface area contributed by atoms with Gasteiger partial charge in [-0.1, -0.05) is 25.4 Å². The lowest BCUT2D eigenvalue weighted by molar-refractivity contribution is 0.171. The van der Waals surface area contributed by atoms with E-state index < -0.39 is 0 Å². The zero-order chi connectivity index (χ0) is 13.8. The predicted molar refractivity (Wildman–Crippen MR) is 78.3 cm³/mol. The molecule has 1 aromatic carbocycles. The summed E-state index contributed by atoms with van der Waals surface area (Å²) < 4.78 is 11.2. The first-order valence-electron chi connectivity index (χ1n) is 6.88. The van der Waals surface area contributed by atoms with Crippen LogP contribution in [0.4, 0.5) is 0 Å². The molecule has 1 aliphatic heterocycles. The highest BCUT2D eigenvalue weighted by atomic mass is 35.5. The Labute approximate surface area is 120 Å². The van der Waals surface area contributed by atoms with Crippen LogP contribution in [-0.4, -0.2) is 20.3 Å². The van der Waals surface area contributed by atoms with Gasteiger partial charge in [0, 0.05) is 17.1 Å². The van der Waals surface area contributed by atoms with Crippen LogP contribution in [0.15, 0.2) is 12.1 Å². The molecule has 0 spiro atoms. The van der Waals surface area contributed by atoms with Crippen LogP contribution in [-0.2, 0) is 0 Å².